The van der Waals surface area contributed by atoms with Gasteiger partial charge in [0, 0.05) is 18.9 Å². The summed E-state index contributed by atoms with van der Waals surface area (Å²) in [5.41, 5.74) is 0.00801. The zero-order valence-electron chi connectivity index (χ0n) is 13.1. The van der Waals surface area contributed by atoms with Gasteiger partial charge in [-0.15, -0.1) is 0 Å². The quantitative estimate of drug-likeness (QED) is 0.536. The lowest BCUT2D eigenvalue weighted by atomic mass is 10.1. The lowest BCUT2D eigenvalue weighted by Crippen LogP contribution is -2.03. The van der Waals surface area contributed by atoms with Crippen molar-refractivity contribution in [3.8, 4) is 17.2 Å². The molecule has 0 amide bonds. The Morgan fingerprint density at radius 2 is 1.71 bits per heavy atom. The number of unbranched alkanes of at least 4 members (excludes halogenated alkanes) is 2. The third-order valence-electron chi connectivity index (χ3n) is 3.38. The van der Waals surface area contributed by atoms with Crippen LogP contribution in [0.2, 0.25) is 0 Å². The van der Waals surface area contributed by atoms with Gasteiger partial charge < -0.3 is 14.9 Å². The van der Waals surface area contributed by atoms with E-state index in [2.05, 4.69) is 4.98 Å². The highest BCUT2D eigenvalue weighted by Crippen LogP contribution is 2.26. The number of Topliss-reactive ketones (excluding diaryl/α,β-unsaturated/α-hetero) is 1. The number of pyridine rings is 1. The minimum atomic E-state index is -0.838. The third kappa shape index (κ3) is 5.39. The molecule has 2 N–H and O–H groups in total. The smallest absolute Gasteiger partial charge is 0.303 e. The predicted octanol–water partition coefficient (Wildman–Crippen LogP) is 3.80. The second-order valence-electron chi connectivity index (χ2n) is 5.33. The first-order valence-corrected chi connectivity index (χ1v) is 7.73. The van der Waals surface area contributed by atoms with Crippen LogP contribution >= 0.6 is 0 Å². The molecule has 0 bridgehead atoms. The van der Waals surface area contributed by atoms with Gasteiger partial charge in [-0.05, 0) is 25.0 Å². The molecule has 0 atom stereocenters. The average Bonchev–Trinajstić information content (AvgIpc) is 2.55. The summed E-state index contributed by atoms with van der Waals surface area (Å²) in [4.78, 5) is 26.4. The van der Waals surface area contributed by atoms with E-state index in [1.807, 2.05) is 18.2 Å². The zero-order chi connectivity index (χ0) is 17.4. The summed E-state index contributed by atoms with van der Waals surface area (Å²) in [5, 5.41) is 18.5. The number of para-hydroxylation sites is 1. The molecule has 6 nitrogen and oxygen atoms in total. The van der Waals surface area contributed by atoms with Gasteiger partial charge in [-0.2, -0.15) is 0 Å². The van der Waals surface area contributed by atoms with Gasteiger partial charge in [0.2, 0.25) is 0 Å². The van der Waals surface area contributed by atoms with Crippen molar-refractivity contribution in [2.75, 3.05) is 0 Å². The van der Waals surface area contributed by atoms with E-state index in [-0.39, 0.29) is 30.1 Å². The van der Waals surface area contributed by atoms with Crippen LogP contribution in [0.15, 0.2) is 42.6 Å². The molecule has 0 aliphatic rings. The van der Waals surface area contributed by atoms with Crippen LogP contribution in [-0.4, -0.2) is 26.9 Å². The van der Waals surface area contributed by atoms with E-state index in [9.17, 15) is 14.7 Å². The number of hydrogen-bond donors (Lipinski definition) is 2. The second kappa shape index (κ2) is 8.67. The highest BCUT2D eigenvalue weighted by atomic mass is 16.5. The van der Waals surface area contributed by atoms with Crippen LogP contribution in [0.25, 0.3) is 0 Å². The molecule has 0 aliphatic carbocycles. The fourth-order valence-electron chi connectivity index (χ4n) is 2.19. The van der Waals surface area contributed by atoms with Crippen LogP contribution < -0.4 is 4.74 Å². The van der Waals surface area contributed by atoms with Gasteiger partial charge in [-0.1, -0.05) is 24.6 Å². The summed E-state index contributed by atoms with van der Waals surface area (Å²) in [6.07, 6.45) is 3.46. The summed E-state index contributed by atoms with van der Waals surface area (Å²) in [7, 11) is 0. The molecule has 1 aromatic carbocycles. The van der Waals surface area contributed by atoms with Crippen molar-refractivity contribution in [1.29, 1.82) is 0 Å². The van der Waals surface area contributed by atoms with Crippen LogP contribution in [0.4, 0.5) is 0 Å². The Bertz CT molecular complexity index is 700. The standard InChI is InChI=1S/C18H19NO5/c20-15(9-5-2-6-10-17(22)23)18-16(21)11-14(12-19-18)24-13-7-3-1-4-8-13/h1,3-4,7-8,11-12,21H,2,5-6,9-10H2,(H,22,23). The monoisotopic (exact) mass is 329 g/mol. The maximum absolute atomic E-state index is 12.1. The lowest BCUT2D eigenvalue weighted by molar-refractivity contribution is -0.137. The molecule has 126 valence electrons. The van der Waals surface area contributed by atoms with Crippen LogP contribution in [0, 0.1) is 0 Å². The molecule has 2 aromatic rings. The van der Waals surface area contributed by atoms with Gasteiger partial charge in [0.15, 0.2) is 5.78 Å². The van der Waals surface area contributed by atoms with E-state index in [1.165, 1.54) is 12.3 Å². The van der Waals surface area contributed by atoms with Gasteiger partial charge in [0.25, 0.3) is 0 Å². The first-order valence-electron chi connectivity index (χ1n) is 7.73. The van der Waals surface area contributed by atoms with E-state index in [0.29, 0.717) is 30.8 Å². The Balaban J connectivity index is 1.89. The number of carbonyl (C=O) groups is 2. The first kappa shape index (κ1) is 17.5. The number of benzene rings is 1. The number of aromatic nitrogens is 1. The van der Waals surface area contributed by atoms with Gasteiger partial charge in [0.05, 0.1) is 6.20 Å². The van der Waals surface area contributed by atoms with E-state index in [1.54, 1.807) is 12.1 Å². The molecule has 2 rings (SSSR count). The second-order valence-corrected chi connectivity index (χ2v) is 5.33. The van der Waals surface area contributed by atoms with Gasteiger partial charge in [-0.3, -0.25) is 9.59 Å². The number of ketones is 1. The van der Waals surface area contributed by atoms with Crippen molar-refractivity contribution in [3.05, 3.63) is 48.3 Å². The molecule has 0 aliphatic heterocycles. The summed E-state index contributed by atoms with van der Waals surface area (Å²) in [6, 6.07) is 10.4. The summed E-state index contributed by atoms with van der Waals surface area (Å²) >= 11 is 0. The number of ether oxygens (including phenoxy) is 1. The van der Waals surface area contributed by atoms with Gasteiger partial charge in [0.1, 0.15) is 22.9 Å². The number of aromatic hydroxyl groups is 1. The van der Waals surface area contributed by atoms with Crippen molar-refractivity contribution in [1.82, 2.24) is 4.98 Å². The summed E-state index contributed by atoms with van der Waals surface area (Å²) < 4.78 is 5.54. The minimum Gasteiger partial charge on any atom is -0.505 e. The lowest BCUT2D eigenvalue weighted by Gasteiger charge is -2.07. The van der Waals surface area contributed by atoms with Crippen molar-refractivity contribution in [2.45, 2.75) is 32.1 Å². The number of nitrogens with zero attached hydrogens (tertiary/aromatic N) is 1. The highest BCUT2D eigenvalue weighted by Gasteiger charge is 2.14. The third-order valence-corrected chi connectivity index (χ3v) is 3.38. The molecular formula is C18H19NO5. The van der Waals surface area contributed by atoms with Crippen molar-refractivity contribution in [3.63, 3.8) is 0 Å². The fourth-order valence-corrected chi connectivity index (χ4v) is 2.19. The van der Waals surface area contributed by atoms with E-state index in [0.717, 1.165) is 0 Å². The molecule has 1 aromatic heterocycles. The Kier molecular flexibility index (Phi) is 6.31. The SMILES string of the molecule is O=C(O)CCCCCC(=O)c1ncc(Oc2ccccc2)cc1O. The Morgan fingerprint density at radius 1 is 1.00 bits per heavy atom. The van der Waals surface area contributed by atoms with Gasteiger partial charge >= 0.3 is 5.97 Å². The molecule has 24 heavy (non-hydrogen) atoms. The molecule has 0 saturated heterocycles. The summed E-state index contributed by atoms with van der Waals surface area (Å²) in [5.74, 6) is -0.379. The van der Waals surface area contributed by atoms with E-state index < -0.39 is 5.97 Å². The topological polar surface area (TPSA) is 96.7 Å². The molecular weight excluding hydrogens is 310 g/mol. The number of carboxylic acids is 1. The molecule has 0 radical (unpaired) electrons. The Hall–Kier alpha value is -2.89. The van der Waals surface area contributed by atoms with Crippen molar-refractivity contribution >= 4 is 11.8 Å². The van der Waals surface area contributed by atoms with Crippen molar-refractivity contribution in [2.24, 2.45) is 0 Å². The maximum Gasteiger partial charge on any atom is 0.303 e. The van der Waals surface area contributed by atoms with Crippen LogP contribution in [0.3, 0.4) is 0 Å². The fraction of sp³-hybridized carbons (Fsp3) is 0.278. The first-order chi connectivity index (χ1) is 11.6. The largest absolute Gasteiger partial charge is 0.505 e. The number of hydrogen-bond acceptors (Lipinski definition) is 5. The molecule has 1 heterocycles. The van der Waals surface area contributed by atoms with E-state index >= 15 is 0 Å². The minimum absolute atomic E-state index is 0.00801. The van der Waals surface area contributed by atoms with Crippen LogP contribution in [0.1, 0.15) is 42.6 Å². The normalized spacial score (nSPS) is 10.3. The van der Waals surface area contributed by atoms with Crippen LogP contribution in [0.5, 0.6) is 17.2 Å². The number of carbonyl (C=O) groups excluding carboxylic acids is 1. The number of aliphatic carboxylic acids is 1. The highest BCUT2D eigenvalue weighted by molar-refractivity contribution is 5.96. The Labute approximate surface area is 139 Å². The molecule has 6 heteroatoms. The number of rotatable bonds is 9. The predicted molar refractivity (Wildman–Crippen MR) is 87.5 cm³/mol. The van der Waals surface area contributed by atoms with Crippen LogP contribution in [-0.2, 0) is 4.79 Å². The zero-order valence-corrected chi connectivity index (χ0v) is 13.1. The molecule has 0 saturated carbocycles. The average molecular weight is 329 g/mol. The molecule has 0 unspecified atom stereocenters. The Morgan fingerprint density at radius 3 is 2.38 bits per heavy atom. The van der Waals surface area contributed by atoms with Crippen molar-refractivity contribution < 1.29 is 24.5 Å². The molecule has 0 spiro atoms. The number of carboxylic acid groups (broad SMARTS) is 1. The maximum atomic E-state index is 12.1. The van der Waals surface area contributed by atoms with Gasteiger partial charge in [-0.25, -0.2) is 4.98 Å². The van der Waals surface area contributed by atoms with E-state index in [4.69, 9.17) is 9.84 Å². The molecule has 0 fully saturated rings. The summed E-state index contributed by atoms with van der Waals surface area (Å²) in [6.45, 7) is 0.